The summed E-state index contributed by atoms with van der Waals surface area (Å²) < 4.78 is 5.20. The van der Waals surface area contributed by atoms with E-state index in [1.54, 1.807) is 18.4 Å². The summed E-state index contributed by atoms with van der Waals surface area (Å²) in [5.41, 5.74) is 0.609. The number of hydrogen-bond donors (Lipinski definition) is 1. The highest BCUT2D eigenvalue weighted by atomic mass is 32.1. The lowest BCUT2D eigenvalue weighted by atomic mass is 10.2. The molecule has 0 saturated heterocycles. The molecule has 1 N–H and O–H groups in total. The molecule has 0 bridgehead atoms. The van der Waals surface area contributed by atoms with Crippen molar-refractivity contribution < 1.29 is 9.21 Å². The van der Waals surface area contributed by atoms with E-state index >= 15 is 0 Å². The predicted molar refractivity (Wildman–Crippen MR) is 73.5 cm³/mol. The fourth-order valence-corrected chi connectivity index (χ4v) is 1.74. The van der Waals surface area contributed by atoms with Crippen LogP contribution in [0.15, 0.2) is 53.1 Å². The van der Waals surface area contributed by atoms with E-state index in [0.717, 1.165) is 5.76 Å². The summed E-state index contributed by atoms with van der Waals surface area (Å²) in [6, 6.07) is 12.7. The van der Waals surface area contributed by atoms with Crippen LogP contribution in [-0.4, -0.2) is 10.9 Å². The Morgan fingerprint density at radius 3 is 2.61 bits per heavy atom. The zero-order valence-electron chi connectivity index (χ0n) is 9.76. The third kappa shape index (κ3) is 3.53. The minimum absolute atomic E-state index is 0.167. The maximum Gasteiger partial charge on any atom is 0.256 e. The molecule has 0 saturated carbocycles. The Hall–Kier alpha value is -1.94. The molecule has 1 amide bonds. The van der Waals surface area contributed by atoms with Crippen molar-refractivity contribution in [3.8, 4) is 0 Å². The first-order valence-corrected chi connectivity index (χ1v) is 6.08. The van der Waals surface area contributed by atoms with E-state index in [1.807, 2.05) is 30.3 Å². The fraction of sp³-hybridized carbons (Fsp3) is 0.143. The average molecular weight is 259 g/mol. The molecule has 0 aliphatic heterocycles. The van der Waals surface area contributed by atoms with Crippen LogP contribution in [0.2, 0.25) is 0 Å². The molecule has 1 aromatic carbocycles. The molecule has 0 spiro atoms. The Kier molecular flexibility index (Phi) is 4.25. The number of amides is 1. The molecule has 0 aliphatic carbocycles. The van der Waals surface area contributed by atoms with E-state index in [2.05, 4.69) is 5.32 Å². The lowest BCUT2D eigenvalue weighted by molar-refractivity contribution is 0.0977. The standard InChI is InChI=1S/C14H13NO2S/c16-14(11-5-2-1-3-6-11)15-13(18)9-8-12-7-4-10-17-12/h1-7,10H,8-9H2,(H,15,16,18). The van der Waals surface area contributed by atoms with Crippen LogP contribution in [0.3, 0.4) is 0 Å². The Labute approximate surface area is 111 Å². The van der Waals surface area contributed by atoms with Crippen LogP contribution < -0.4 is 5.32 Å². The zero-order chi connectivity index (χ0) is 12.8. The van der Waals surface area contributed by atoms with Gasteiger partial charge in [-0.25, -0.2) is 0 Å². The SMILES string of the molecule is O=C(NC(=S)CCc1ccco1)c1ccccc1. The van der Waals surface area contributed by atoms with E-state index in [-0.39, 0.29) is 5.91 Å². The van der Waals surface area contributed by atoms with Gasteiger partial charge in [0.2, 0.25) is 0 Å². The third-order valence-electron chi connectivity index (χ3n) is 2.47. The maximum atomic E-state index is 11.8. The second kappa shape index (κ2) is 6.12. The first-order valence-electron chi connectivity index (χ1n) is 5.67. The second-order valence-electron chi connectivity index (χ2n) is 3.82. The van der Waals surface area contributed by atoms with Gasteiger partial charge in [0.05, 0.1) is 11.3 Å². The van der Waals surface area contributed by atoms with Gasteiger partial charge in [-0.1, -0.05) is 30.4 Å². The third-order valence-corrected chi connectivity index (χ3v) is 2.77. The summed E-state index contributed by atoms with van der Waals surface area (Å²) in [5.74, 6) is 0.700. The van der Waals surface area contributed by atoms with Crippen LogP contribution in [0, 0.1) is 0 Å². The van der Waals surface area contributed by atoms with E-state index < -0.39 is 0 Å². The van der Waals surface area contributed by atoms with Gasteiger partial charge in [0, 0.05) is 18.4 Å². The molecule has 1 heterocycles. The summed E-state index contributed by atoms with van der Waals surface area (Å²) >= 11 is 5.13. The number of rotatable bonds is 4. The Bertz CT molecular complexity index is 520. The molecule has 0 atom stereocenters. The quantitative estimate of drug-likeness (QED) is 0.858. The van der Waals surface area contributed by atoms with Crippen LogP contribution >= 0.6 is 12.2 Å². The highest BCUT2D eigenvalue weighted by Gasteiger charge is 2.07. The molecule has 4 heteroatoms. The van der Waals surface area contributed by atoms with Gasteiger partial charge < -0.3 is 9.73 Å². The first-order chi connectivity index (χ1) is 8.75. The number of furan rings is 1. The highest BCUT2D eigenvalue weighted by molar-refractivity contribution is 7.80. The van der Waals surface area contributed by atoms with Crippen LogP contribution in [0.5, 0.6) is 0 Å². The van der Waals surface area contributed by atoms with E-state index in [1.165, 1.54) is 0 Å². The summed E-state index contributed by atoms with van der Waals surface area (Å²) in [7, 11) is 0. The van der Waals surface area contributed by atoms with Crippen molar-refractivity contribution >= 4 is 23.1 Å². The fourth-order valence-electron chi connectivity index (χ4n) is 1.54. The molecular weight excluding hydrogens is 246 g/mol. The number of carbonyl (C=O) groups excluding carboxylic acids is 1. The molecule has 18 heavy (non-hydrogen) atoms. The van der Waals surface area contributed by atoms with Gasteiger partial charge in [-0.15, -0.1) is 0 Å². The van der Waals surface area contributed by atoms with Gasteiger partial charge in [-0.3, -0.25) is 4.79 Å². The van der Waals surface area contributed by atoms with E-state index in [9.17, 15) is 4.79 Å². The number of hydrogen-bond acceptors (Lipinski definition) is 3. The number of carbonyl (C=O) groups is 1. The number of benzene rings is 1. The molecule has 2 aromatic rings. The Morgan fingerprint density at radius 1 is 1.17 bits per heavy atom. The zero-order valence-corrected chi connectivity index (χ0v) is 10.6. The van der Waals surface area contributed by atoms with Crippen molar-refractivity contribution in [3.05, 3.63) is 60.1 Å². The Balaban J connectivity index is 1.83. The van der Waals surface area contributed by atoms with Crippen molar-refractivity contribution in [2.24, 2.45) is 0 Å². The summed E-state index contributed by atoms with van der Waals surface area (Å²) in [5, 5.41) is 2.71. The van der Waals surface area contributed by atoms with Gasteiger partial charge in [-0.05, 0) is 24.3 Å². The smallest absolute Gasteiger partial charge is 0.256 e. The second-order valence-corrected chi connectivity index (χ2v) is 4.32. The number of aryl methyl sites for hydroxylation is 1. The van der Waals surface area contributed by atoms with E-state index in [0.29, 0.717) is 23.4 Å². The lowest BCUT2D eigenvalue weighted by Crippen LogP contribution is -2.29. The normalized spacial score (nSPS) is 10.0. The van der Waals surface area contributed by atoms with Crippen molar-refractivity contribution in [3.63, 3.8) is 0 Å². The van der Waals surface area contributed by atoms with Gasteiger partial charge in [-0.2, -0.15) is 0 Å². The minimum Gasteiger partial charge on any atom is -0.469 e. The molecule has 0 unspecified atom stereocenters. The maximum absolute atomic E-state index is 11.8. The minimum atomic E-state index is -0.167. The summed E-state index contributed by atoms with van der Waals surface area (Å²) in [6.07, 6.45) is 2.92. The molecule has 0 fully saturated rings. The number of nitrogens with one attached hydrogen (secondary N) is 1. The summed E-state index contributed by atoms with van der Waals surface area (Å²) in [6.45, 7) is 0. The summed E-state index contributed by atoms with van der Waals surface area (Å²) in [4.78, 5) is 12.3. The largest absolute Gasteiger partial charge is 0.469 e. The van der Waals surface area contributed by atoms with Gasteiger partial charge in [0.25, 0.3) is 5.91 Å². The number of thiocarbonyl (C=S) groups is 1. The topological polar surface area (TPSA) is 42.2 Å². The van der Waals surface area contributed by atoms with Crippen LogP contribution in [-0.2, 0) is 6.42 Å². The molecule has 2 rings (SSSR count). The molecule has 0 radical (unpaired) electrons. The predicted octanol–water partition coefficient (Wildman–Crippen LogP) is 2.97. The highest BCUT2D eigenvalue weighted by Crippen LogP contribution is 2.04. The molecular formula is C14H13NO2S. The first kappa shape index (κ1) is 12.5. The van der Waals surface area contributed by atoms with E-state index in [4.69, 9.17) is 16.6 Å². The lowest BCUT2D eigenvalue weighted by Gasteiger charge is -2.05. The molecule has 3 nitrogen and oxygen atoms in total. The Morgan fingerprint density at radius 2 is 1.94 bits per heavy atom. The molecule has 0 aliphatic rings. The van der Waals surface area contributed by atoms with Gasteiger partial charge in [0.1, 0.15) is 5.76 Å². The molecule has 1 aromatic heterocycles. The van der Waals surface area contributed by atoms with Gasteiger partial charge >= 0.3 is 0 Å². The monoisotopic (exact) mass is 259 g/mol. The van der Waals surface area contributed by atoms with Crippen molar-refractivity contribution in [1.29, 1.82) is 0 Å². The average Bonchev–Trinajstić information content (AvgIpc) is 2.90. The van der Waals surface area contributed by atoms with Crippen molar-refractivity contribution in [2.45, 2.75) is 12.8 Å². The van der Waals surface area contributed by atoms with Crippen molar-refractivity contribution in [1.82, 2.24) is 5.32 Å². The van der Waals surface area contributed by atoms with Gasteiger partial charge in [0.15, 0.2) is 0 Å². The van der Waals surface area contributed by atoms with Crippen LogP contribution in [0.4, 0.5) is 0 Å². The van der Waals surface area contributed by atoms with Crippen LogP contribution in [0.25, 0.3) is 0 Å². The molecule has 92 valence electrons. The van der Waals surface area contributed by atoms with Crippen molar-refractivity contribution in [2.75, 3.05) is 0 Å². The van der Waals surface area contributed by atoms with Crippen LogP contribution in [0.1, 0.15) is 22.5 Å².